The van der Waals surface area contributed by atoms with Gasteiger partial charge in [-0.15, -0.1) is 0 Å². The van der Waals surface area contributed by atoms with E-state index in [2.05, 4.69) is 41.2 Å². The van der Waals surface area contributed by atoms with Crippen LogP contribution in [0, 0.1) is 0 Å². The van der Waals surface area contributed by atoms with E-state index < -0.39 is 0 Å². The standard InChI is InChI=1S/C26H37N9O3/c1-19(2)31-25-33-24(30-18-21-7-10-28-11-8-21)34-26(35-25)32-22-5-3-20(4-6-22)17-23(36)29-12-14-38-16-15-37-13-9-27/h3-8,10-11,19H,9,12-18,27H2,1-2H3,(H,29,36)(H3,30,31,32,33,34,35). The summed E-state index contributed by atoms with van der Waals surface area (Å²) in [5, 5.41) is 12.5. The second kappa shape index (κ2) is 16.1. The number of anilines is 4. The lowest BCUT2D eigenvalue weighted by Crippen LogP contribution is -2.29. The van der Waals surface area contributed by atoms with Crippen molar-refractivity contribution in [3.63, 3.8) is 0 Å². The van der Waals surface area contributed by atoms with Crippen molar-refractivity contribution in [1.29, 1.82) is 0 Å². The second-order valence-corrected chi connectivity index (χ2v) is 8.68. The van der Waals surface area contributed by atoms with Gasteiger partial charge < -0.3 is 36.5 Å². The number of ether oxygens (including phenoxy) is 2. The number of rotatable bonds is 17. The van der Waals surface area contributed by atoms with Crippen molar-refractivity contribution in [1.82, 2.24) is 25.3 Å². The van der Waals surface area contributed by atoms with Crippen molar-refractivity contribution in [2.45, 2.75) is 32.9 Å². The zero-order valence-electron chi connectivity index (χ0n) is 21.9. The highest BCUT2D eigenvalue weighted by Gasteiger charge is 2.09. The average molecular weight is 524 g/mol. The van der Waals surface area contributed by atoms with Crippen LogP contribution >= 0.6 is 0 Å². The minimum Gasteiger partial charge on any atom is -0.378 e. The van der Waals surface area contributed by atoms with Crippen LogP contribution in [0.4, 0.5) is 23.5 Å². The number of nitrogens with two attached hydrogens (primary N) is 1. The molecule has 1 aromatic carbocycles. The number of amides is 1. The molecule has 0 unspecified atom stereocenters. The maximum absolute atomic E-state index is 12.2. The lowest BCUT2D eigenvalue weighted by molar-refractivity contribution is -0.120. The van der Waals surface area contributed by atoms with Gasteiger partial charge in [0.15, 0.2) is 0 Å². The number of pyridine rings is 1. The fraction of sp³-hybridized carbons (Fsp3) is 0.423. The smallest absolute Gasteiger partial charge is 0.233 e. The molecule has 12 heteroatoms. The summed E-state index contributed by atoms with van der Waals surface area (Å²) in [5.74, 6) is 1.25. The van der Waals surface area contributed by atoms with Crippen molar-refractivity contribution in [2.24, 2.45) is 5.73 Å². The normalized spacial score (nSPS) is 10.8. The molecule has 12 nitrogen and oxygen atoms in total. The minimum atomic E-state index is -0.0690. The molecule has 6 N–H and O–H groups in total. The van der Waals surface area contributed by atoms with Gasteiger partial charge in [0, 0.05) is 43.8 Å². The van der Waals surface area contributed by atoms with E-state index >= 15 is 0 Å². The van der Waals surface area contributed by atoms with Crippen LogP contribution in [0.15, 0.2) is 48.8 Å². The summed E-state index contributed by atoms with van der Waals surface area (Å²) in [5.41, 5.74) is 8.10. The molecule has 0 fully saturated rings. The zero-order valence-corrected chi connectivity index (χ0v) is 21.9. The molecule has 3 rings (SSSR count). The third-order valence-electron chi connectivity index (χ3n) is 5.03. The number of carbonyl (C=O) groups is 1. The van der Waals surface area contributed by atoms with E-state index in [0.717, 1.165) is 16.8 Å². The van der Waals surface area contributed by atoms with Crippen LogP contribution in [0.2, 0.25) is 0 Å². The molecule has 204 valence electrons. The SMILES string of the molecule is CC(C)Nc1nc(NCc2ccncc2)nc(Nc2ccc(CC(=O)NCCOCCOCCN)cc2)n1. The first-order valence-electron chi connectivity index (χ1n) is 12.7. The summed E-state index contributed by atoms with van der Waals surface area (Å²) >= 11 is 0. The maximum atomic E-state index is 12.2. The van der Waals surface area contributed by atoms with Crippen LogP contribution in [-0.4, -0.2) is 71.4 Å². The van der Waals surface area contributed by atoms with Gasteiger partial charge in [-0.3, -0.25) is 9.78 Å². The number of nitrogens with one attached hydrogen (secondary N) is 4. The molecular formula is C26H37N9O3. The molecule has 0 aliphatic carbocycles. The molecular weight excluding hydrogens is 486 g/mol. The quantitative estimate of drug-likeness (QED) is 0.165. The predicted octanol–water partition coefficient (Wildman–Crippen LogP) is 2.09. The second-order valence-electron chi connectivity index (χ2n) is 8.68. The largest absolute Gasteiger partial charge is 0.378 e. The molecule has 3 aromatic rings. The molecule has 0 saturated heterocycles. The highest BCUT2D eigenvalue weighted by Crippen LogP contribution is 2.18. The van der Waals surface area contributed by atoms with Gasteiger partial charge in [-0.25, -0.2) is 0 Å². The highest BCUT2D eigenvalue weighted by atomic mass is 16.5. The molecule has 0 atom stereocenters. The molecule has 0 radical (unpaired) electrons. The number of aromatic nitrogens is 4. The van der Waals surface area contributed by atoms with E-state index in [9.17, 15) is 4.79 Å². The number of hydrogen-bond acceptors (Lipinski definition) is 11. The van der Waals surface area contributed by atoms with Gasteiger partial charge in [-0.1, -0.05) is 12.1 Å². The monoisotopic (exact) mass is 523 g/mol. The number of nitrogens with zero attached hydrogens (tertiary/aromatic N) is 4. The summed E-state index contributed by atoms with van der Waals surface area (Å²) in [6, 6.07) is 11.6. The van der Waals surface area contributed by atoms with Gasteiger partial charge in [0.1, 0.15) is 0 Å². The van der Waals surface area contributed by atoms with Crippen LogP contribution in [0.5, 0.6) is 0 Å². The predicted molar refractivity (Wildman–Crippen MR) is 147 cm³/mol. The van der Waals surface area contributed by atoms with Crippen molar-refractivity contribution < 1.29 is 14.3 Å². The molecule has 2 aromatic heterocycles. The van der Waals surface area contributed by atoms with Crippen molar-refractivity contribution in [2.75, 3.05) is 55.5 Å². The Morgan fingerprint density at radius 1 is 0.868 bits per heavy atom. The average Bonchev–Trinajstić information content (AvgIpc) is 2.90. The Labute approximate surface area is 223 Å². The molecule has 0 saturated carbocycles. The van der Waals surface area contributed by atoms with E-state index in [1.165, 1.54) is 0 Å². The van der Waals surface area contributed by atoms with E-state index in [-0.39, 0.29) is 18.4 Å². The number of benzene rings is 1. The summed E-state index contributed by atoms with van der Waals surface area (Å²) in [4.78, 5) is 29.7. The lowest BCUT2D eigenvalue weighted by Gasteiger charge is -2.13. The van der Waals surface area contributed by atoms with E-state index in [1.54, 1.807) is 12.4 Å². The van der Waals surface area contributed by atoms with Crippen LogP contribution in [0.3, 0.4) is 0 Å². The van der Waals surface area contributed by atoms with Gasteiger partial charge in [0.2, 0.25) is 23.8 Å². The van der Waals surface area contributed by atoms with Gasteiger partial charge in [0.05, 0.1) is 32.8 Å². The van der Waals surface area contributed by atoms with Crippen LogP contribution in [-0.2, 0) is 27.2 Å². The summed E-state index contributed by atoms with van der Waals surface area (Å²) in [7, 11) is 0. The highest BCUT2D eigenvalue weighted by molar-refractivity contribution is 5.78. The third kappa shape index (κ3) is 11.0. The lowest BCUT2D eigenvalue weighted by atomic mass is 10.1. The first kappa shape index (κ1) is 28.7. The van der Waals surface area contributed by atoms with E-state index in [0.29, 0.717) is 63.9 Å². The minimum absolute atomic E-state index is 0.0690. The Balaban J connectivity index is 1.50. The third-order valence-corrected chi connectivity index (χ3v) is 5.03. The van der Waals surface area contributed by atoms with Gasteiger partial charge >= 0.3 is 0 Å². The molecule has 0 bridgehead atoms. The van der Waals surface area contributed by atoms with Crippen molar-refractivity contribution >= 4 is 29.4 Å². The molecule has 38 heavy (non-hydrogen) atoms. The van der Waals surface area contributed by atoms with Crippen LogP contribution in [0.25, 0.3) is 0 Å². The van der Waals surface area contributed by atoms with Gasteiger partial charge in [-0.05, 0) is 49.2 Å². The van der Waals surface area contributed by atoms with Gasteiger partial charge in [0.25, 0.3) is 0 Å². The van der Waals surface area contributed by atoms with Crippen LogP contribution in [0.1, 0.15) is 25.0 Å². The zero-order chi connectivity index (χ0) is 27.0. The Morgan fingerprint density at radius 2 is 1.55 bits per heavy atom. The Bertz CT molecular complexity index is 1100. The topological polar surface area (TPSA) is 161 Å². The van der Waals surface area contributed by atoms with Gasteiger partial charge in [-0.2, -0.15) is 15.0 Å². The van der Waals surface area contributed by atoms with E-state index in [4.69, 9.17) is 15.2 Å². The van der Waals surface area contributed by atoms with E-state index in [1.807, 2.05) is 50.2 Å². The molecule has 0 aliphatic rings. The molecule has 2 heterocycles. The molecule has 0 spiro atoms. The molecule has 1 amide bonds. The Kier molecular flexibility index (Phi) is 12.1. The summed E-state index contributed by atoms with van der Waals surface area (Å²) < 4.78 is 10.6. The van der Waals surface area contributed by atoms with Crippen LogP contribution < -0.4 is 27.0 Å². The molecule has 0 aliphatic heterocycles. The number of carbonyl (C=O) groups excluding carboxylic acids is 1. The number of hydrogen-bond donors (Lipinski definition) is 5. The summed E-state index contributed by atoms with van der Waals surface area (Å²) in [6.45, 7) is 7.44. The Morgan fingerprint density at radius 3 is 2.26 bits per heavy atom. The fourth-order valence-corrected chi connectivity index (χ4v) is 3.27. The van der Waals surface area contributed by atoms with Crippen molar-refractivity contribution in [3.8, 4) is 0 Å². The summed E-state index contributed by atoms with van der Waals surface area (Å²) in [6.07, 6.45) is 3.76. The fourth-order valence-electron chi connectivity index (χ4n) is 3.27. The first-order valence-corrected chi connectivity index (χ1v) is 12.7. The van der Waals surface area contributed by atoms with Crippen molar-refractivity contribution in [3.05, 3.63) is 59.9 Å². The first-order chi connectivity index (χ1) is 18.5. The Hall–Kier alpha value is -3.87. The maximum Gasteiger partial charge on any atom is 0.233 e.